The number of benzene rings is 1. The summed E-state index contributed by atoms with van der Waals surface area (Å²) in [4.78, 5) is 4.23. The van der Waals surface area contributed by atoms with Crippen molar-refractivity contribution in [2.75, 3.05) is 0 Å². The summed E-state index contributed by atoms with van der Waals surface area (Å²) in [5, 5.41) is 0. The van der Waals surface area contributed by atoms with Crippen molar-refractivity contribution in [2.24, 2.45) is 5.73 Å². The average Bonchev–Trinajstić information content (AvgIpc) is 3.07. The third-order valence-corrected chi connectivity index (χ3v) is 3.02. The Labute approximate surface area is 94.9 Å². The molecule has 3 nitrogen and oxygen atoms in total. The van der Waals surface area contributed by atoms with Crippen molar-refractivity contribution in [2.45, 2.75) is 25.3 Å². The summed E-state index contributed by atoms with van der Waals surface area (Å²) in [6.07, 6.45) is 6.42. The van der Waals surface area contributed by atoms with Crippen molar-refractivity contribution in [3.8, 4) is 5.69 Å². The van der Waals surface area contributed by atoms with Gasteiger partial charge in [-0.3, -0.25) is 0 Å². The van der Waals surface area contributed by atoms with Crippen molar-refractivity contribution < 1.29 is 0 Å². The van der Waals surface area contributed by atoms with Gasteiger partial charge in [0.05, 0.1) is 6.33 Å². The molecule has 1 aromatic heterocycles. The molecule has 0 atom stereocenters. The zero-order valence-electron chi connectivity index (χ0n) is 9.06. The molecule has 3 heteroatoms. The molecule has 1 aliphatic rings. The summed E-state index contributed by atoms with van der Waals surface area (Å²) in [6.45, 7) is 0.541. The predicted octanol–water partition coefficient (Wildman–Crippen LogP) is 2.01. The second-order valence-electron chi connectivity index (χ2n) is 4.24. The highest BCUT2D eigenvalue weighted by Crippen LogP contribution is 2.40. The molecule has 2 aromatic rings. The van der Waals surface area contributed by atoms with Crippen LogP contribution in [0.5, 0.6) is 0 Å². The molecular weight excluding hydrogens is 198 g/mol. The van der Waals surface area contributed by atoms with E-state index in [-0.39, 0.29) is 0 Å². The molecule has 1 aromatic carbocycles. The number of hydrogen-bond acceptors (Lipinski definition) is 2. The Morgan fingerprint density at radius 3 is 2.94 bits per heavy atom. The van der Waals surface area contributed by atoms with Crippen LogP contribution in [0.15, 0.2) is 30.7 Å². The van der Waals surface area contributed by atoms with E-state index in [1.165, 1.54) is 18.5 Å². The molecule has 0 amide bonds. The van der Waals surface area contributed by atoms with Crippen LogP contribution >= 0.6 is 0 Å². The summed E-state index contributed by atoms with van der Waals surface area (Å²) in [7, 11) is 0. The Hall–Kier alpha value is -1.61. The van der Waals surface area contributed by atoms with Crippen molar-refractivity contribution in [3.05, 3.63) is 48.0 Å². The van der Waals surface area contributed by atoms with Crippen molar-refractivity contribution in [1.29, 1.82) is 0 Å². The Kier molecular flexibility index (Phi) is 2.26. The second kappa shape index (κ2) is 3.76. The fourth-order valence-electron chi connectivity index (χ4n) is 1.93. The average molecular weight is 212 g/mol. The highest BCUT2D eigenvalue weighted by Gasteiger charge is 2.27. The van der Waals surface area contributed by atoms with Crippen LogP contribution in [0.25, 0.3) is 5.69 Å². The van der Waals surface area contributed by atoms with E-state index in [0.29, 0.717) is 12.5 Å². The Morgan fingerprint density at radius 1 is 1.44 bits per heavy atom. The lowest BCUT2D eigenvalue weighted by Crippen LogP contribution is -2.00. The normalized spacial score (nSPS) is 15.3. The maximum Gasteiger partial charge on any atom is 0.0994 e. The van der Waals surface area contributed by atoms with Crippen molar-refractivity contribution in [3.63, 3.8) is 0 Å². The van der Waals surface area contributed by atoms with Gasteiger partial charge < -0.3 is 10.3 Å². The van der Waals surface area contributed by atoms with E-state index >= 15 is 0 Å². The molecule has 1 heterocycles. The van der Waals surface area contributed by atoms with Crippen molar-refractivity contribution >= 4 is 0 Å². The molecule has 1 radical (unpaired) electrons. The van der Waals surface area contributed by atoms with Gasteiger partial charge in [0.1, 0.15) is 0 Å². The summed E-state index contributed by atoms with van der Waals surface area (Å²) >= 11 is 0. The molecule has 1 fully saturated rings. The van der Waals surface area contributed by atoms with Crippen LogP contribution < -0.4 is 5.73 Å². The first kappa shape index (κ1) is 9.60. The van der Waals surface area contributed by atoms with Crippen molar-refractivity contribution in [1.82, 2.24) is 9.55 Å². The molecule has 0 saturated heterocycles. The lowest BCUT2D eigenvalue weighted by molar-refractivity contribution is 0.921. The largest absolute Gasteiger partial charge is 0.326 e. The van der Waals surface area contributed by atoms with Gasteiger partial charge in [-0.1, -0.05) is 6.07 Å². The fourth-order valence-corrected chi connectivity index (χ4v) is 1.93. The number of hydrogen-bond donors (Lipinski definition) is 1. The Bertz CT molecular complexity index is 480. The lowest BCUT2D eigenvalue weighted by atomic mass is 10.2. The molecule has 0 aliphatic heterocycles. The minimum atomic E-state index is 0.541. The molecule has 2 N–H and O–H groups in total. The molecule has 1 aliphatic carbocycles. The quantitative estimate of drug-likeness (QED) is 0.845. The van der Waals surface area contributed by atoms with Crippen LogP contribution in [0.4, 0.5) is 0 Å². The number of nitrogens with two attached hydrogens (primary N) is 1. The number of imidazole rings is 1. The van der Waals surface area contributed by atoms with E-state index < -0.39 is 0 Å². The third kappa shape index (κ3) is 1.63. The highest BCUT2D eigenvalue weighted by atomic mass is 15.1. The molecule has 0 bridgehead atoms. The first-order valence-corrected chi connectivity index (χ1v) is 5.62. The van der Waals surface area contributed by atoms with Gasteiger partial charge in [0.2, 0.25) is 0 Å². The van der Waals surface area contributed by atoms with Gasteiger partial charge in [0, 0.05) is 30.0 Å². The van der Waals surface area contributed by atoms with E-state index in [2.05, 4.69) is 21.7 Å². The van der Waals surface area contributed by atoms with E-state index in [4.69, 9.17) is 5.73 Å². The summed E-state index contributed by atoms with van der Waals surface area (Å²) in [6, 6.07) is 9.27. The fraction of sp³-hybridized carbons (Fsp3) is 0.308. The number of nitrogens with zero attached hydrogens (tertiary/aromatic N) is 2. The second-order valence-corrected chi connectivity index (χ2v) is 4.24. The van der Waals surface area contributed by atoms with Gasteiger partial charge in [-0.2, -0.15) is 0 Å². The molecule has 3 rings (SSSR count). The van der Waals surface area contributed by atoms with Crippen LogP contribution in [0.1, 0.15) is 30.0 Å². The minimum absolute atomic E-state index is 0.541. The van der Waals surface area contributed by atoms with Crippen LogP contribution in [-0.2, 0) is 6.54 Å². The number of rotatable bonds is 3. The minimum Gasteiger partial charge on any atom is -0.326 e. The Balaban J connectivity index is 1.97. The van der Waals surface area contributed by atoms with E-state index in [9.17, 15) is 0 Å². The van der Waals surface area contributed by atoms with Gasteiger partial charge >= 0.3 is 0 Å². The first-order chi connectivity index (χ1) is 7.88. The van der Waals surface area contributed by atoms with Gasteiger partial charge in [-0.05, 0) is 36.6 Å². The molecular formula is C13H14N3. The zero-order valence-corrected chi connectivity index (χ0v) is 9.06. The highest BCUT2D eigenvalue weighted by molar-refractivity contribution is 5.37. The van der Waals surface area contributed by atoms with Crippen LogP contribution in [0, 0.1) is 6.07 Å². The van der Waals surface area contributed by atoms with Gasteiger partial charge in [0.25, 0.3) is 0 Å². The van der Waals surface area contributed by atoms with E-state index in [1.807, 2.05) is 24.7 Å². The smallest absolute Gasteiger partial charge is 0.0994 e. The maximum absolute atomic E-state index is 5.56. The van der Waals surface area contributed by atoms with Gasteiger partial charge in [-0.25, -0.2) is 4.98 Å². The molecule has 1 saturated carbocycles. The molecule has 16 heavy (non-hydrogen) atoms. The van der Waals surface area contributed by atoms with Crippen LogP contribution in [0.2, 0.25) is 0 Å². The van der Waals surface area contributed by atoms with Crippen LogP contribution in [0.3, 0.4) is 0 Å². The molecule has 81 valence electrons. The summed E-state index contributed by atoms with van der Waals surface area (Å²) in [5.74, 6) is 0.705. The lowest BCUT2D eigenvalue weighted by Gasteiger charge is -2.07. The van der Waals surface area contributed by atoms with E-state index in [0.717, 1.165) is 11.3 Å². The Morgan fingerprint density at radius 2 is 2.31 bits per heavy atom. The van der Waals surface area contributed by atoms with E-state index in [1.54, 1.807) is 0 Å². The first-order valence-electron chi connectivity index (χ1n) is 5.62. The molecule has 0 spiro atoms. The number of aromatic nitrogens is 2. The SMILES string of the molecule is NCc1[c]cc(-n2cncc2C2CC2)cc1. The predicted molar refractivity (Wildman–Crippen MR) is 62.3 cm³/mol. The molecule has 0 unspecified atom stereocenters. The third-order valence-electron chi connectivity index (χ3n) is 3.02. The van der Waals surface area contributed by atoms with Gasteiger partial charge in [-0.15, -0.1) is 0 Å². The van der Waals surface area contributed by atoms with Crippen LogP contribution in [-0.4, -0.2) is 9.55 Å². The maximum atomic E-state index is 5.56. The monoisotopic (exact) mass is 212 g/mol. The van der Waals surface area contributed by atoms with Gasteiger partial charge in [0.15, 0.2) is 0 Å². The standard InChI is InChI=1S/C13H14N3/c14-7-10-1-5-12(6-2-10)16-9-15-8-13(16)11-3-4-11/h1,5-6,8-9,11H,3-4,7,14H2. The summed E-state index contributed by atoms with van der Waals surface area (Å²) in [5.41, 5.74) is 9.03. The summed E-state index contributed by atoms with van der Waals surface area (Å²) < 4.78 is 2.15. The zero-order chi connectivity index (χ0) is 11.0. The topological polar surface area (TPSA) is 43.8 Å².